The molecule has 0 aliphatic carbocycles. The molecule has 4 unspecified atom stereocenters. The molecule has 3 aliphatic rings. The van der Waals surface area contributed by atoms with Gasteiger partial charge in [0.15, 0.2) is 0 Å². The van der Waals surface area contributed by atoms with E-state index in [1.165, 1.54) is 4.90 Å². The van der Waals surface area contributed by atoms with E-state index in [2.05, 4.69) is 28.6 Å². The van der Waals surface area contributed by atoms with E-state index < -0.39 is 6.04 Å². The zero-order chi connectivity index (χ0) is 20.0. The molecule has 3 heterocycles. The number of nitrogens with one attached hydrogen (secondary N) is 1. The molecule has 3 saturated heterocycles. The monoisotopic (exact) mass is 385 g/mol. The first-order valence-electron chi connectivity index (χ1n) is 9.57. The van der Waals surface area contributed by atoms with Crippen molar-refractivity contribution in [3.63, 3.8) is 0 Å². The maximum absolute atomic E-state index is 13.2. The lowest BCUT2D eigenvalue weighted by atomic mass is 10.0. The molecule has 4 atom stereocenters. The van der Waals surface area contributed by atoms with Crippen molar-refractivity contribution in [3.05, 3.63) is 36.9 Å². The maximum Gasteiger partial charge on any atom is 0.328 e. The molecule has 8 heteroatoms. The normalized spacial score (nSPS) is 30.3. The summed E-state index contributed by atoms with van der Waals surface area (Å²) in [5, 5.41) is 3.52. The molecule has 3 fully saturated rings. The summed E-state index contributed by atoms with van der Waals surface area (Å²) in [5.74, 6) is 0.993. The van der Waals surface area contributed by atoms with E-state index in [-0.39, 0.29) is 30.9 Å². The Morgan fingerprint density at radius 2 is 2.11 bits per heavy atom. The van der Waals surface area contributed by atoms with Crippen LogP contribution in [0.2, 0.25) is 0 Å². The molecule has 4 rings (SSSR count). The molecule has 1 N–H and O–H groups in total. The molecule has 28 heavy (non-hydrogen) atoms. The van der Waals surface area contributed by atoms with E-state index in [0.717, 1.165) is 24.5 Å². The molecule has 0 saturated carbocycles. The lowest BCUT2D eigenvalue weighted by Crippen LogP contribution is -2.66. The van der Waals surface area contributed by atoms with E-state index in [9.17, 15) is 9.59 Å². The first-order chi connectivity index (χ1) is 13.5. The minimum Gasteiger partial charge on any atom is -0.497 e. The van der Waals surface area contributed by atoms with Crippen molar-refractivity contribution >= 4 is 17.6 Å². The third-order valence-corrected chi connectivity index (χ3v) is 5.78. The van der Waals surface area contributed by atoms with Gasteiger partial charge in [0, 0.05) is 38.4 Å². The number of carbonyl (C=O) groups is 2. The SMILES string of the molecule is C=CCN1C(=O)C2C(NC3N(c4cccc(OC)c4)CC(C)CN23)N(C)C1=O. The van der Waals surface area contributed by atoms with Crippen LogP contribution in [0.4, 0.5) is 10.5 Å². The summed E-state index contributed by atoms with van der Waals surface area (Å²) in [5.41, 5.74) is 1.02. The maximum atomic E-state index is 13.2. The van der Waals surface area contributed by atoms with Gasteiger partial charge in [-0.2, -0.15) is 0 Å². The second-order valence-electron chi connectivity index (χ2n) is 7.72. The number of ether oxygens (including phenoxy) is 1. The third kappa shape index (κ3) is 2.84. The fraction of sp³-hybridized carbons (Fsp3) is 0.500. The van der Waals surface area contributed by atoms with Crippen molar-refractivity contribution in [2.45, 2.75) is 25.4 Å². The number of benzene rings is 1. The summed E-state index contributed by atoms with van der Waals surface area (Å²) < 4.78 is 5.38. The van der Waals surface area contributed by atoms with Gasteiger partial charge in [0.05, 0.1) is 7.11 Å². The van der Waals surface area contributed by atoms with Crippen molar-refractivity contribution < 1.29 is 14.3 Å². The van der Waals surface area contributed by atoms with Crippen LogP contribution in [0.3, 0.4) is 0 Å². The van der Waals surface area contributed by atoms with Gasteiger partial charge >= 0.3 is 6.03 Å². The van der Waals surface area contributed by atoms with E-state index in [1.807, 2.05) is 24.3 Å². The molecule has 150 valence electrons. The average molecular weight is 385 g/mol. The lowest BCUT2D eigenvalue weighted by Gasteiger charge is -2.46. The highest BCUT2D eigenvalue weighted by Crippen LogP contribution is 2.35. The predicted molar refractivity (Wildman–Crippen MR) is 106 cm³/mol. The molecule has 8 nitrogen and oxygen atoms in total. The highest BCUT2D eigenvalue weighted by molar-refractivity contribution is 6.00. The van der Waals surface area contributed by atoms with Crippen molar-refractivity contribution in [2.24, 2.45) is 5.92 Å². The number of anilines is 1. The van der Waals surface area contributed by atoms with Gasteiger partial charge in [0.1, 0.15) is 24.2 Å². The van der Waals surface area contributed by atoms with Crippen molar-refractivity contribution in [3.8, 4) is 5.75 Å². The minimum absolute atomic E-state index is 0.164. The standard InChI is InChI=1S/C20H27N5O3/c1-5-9-23-18(26)16-17(22(3)20(23)27)21-19-24(11-13(2)12-25(16)19)14-7-6-8-15(10-14)28-4/h5-8,10,13,16-17,19,21H,1,9,11-12H2,2-4H3. The first kappa shape index (κ1) is 18.8. The number of carbonyl (C=O) groups excluding carboxylic acids is 2. The van der Waals surface area contributed by atoms with Crippen LogP contribution in [-0.2, 0) is 4.79 Å². The zero-order valence-electron chi connectivity index (χ0n) is 16.5. The number of rotatable bonds is 4. The van der Waals surface area contributed by atoms with Crippen LogP contribution in [0.15, 0.2) is 36.9 Å². The summed E-state index contributed by atoms with van der Waals surface area (Å²) in [7, 11) is 3.40. The number of amides is 3. The van der Waals surface area contributed by atoms with Gasteiger partial charge in [-0.25, -0.2) is 4.79 Å². The van der Waals surface area contributed by atoms with Crippen LogP contribution in [-0.4, -0.2) is 78.9 Å². The summed E-state index contributed by atoms with van der Waals surface area (Å²) in [6.07, 6.45) is 1.07. The number of imide groups is 1. The molecule has 0 bridgehead atoms. The van der Waals surface area contributed by atoms with Crippen molar-refractivity contribution in [1.82, 2.24) is 20.0 Å². The van der Waals surface area contributed by atoms with Gasteiger partial charge in [-0.3, -0.25) is 19.9 Å². The lowest BCUT2D eigenvalue weighted by molar-refractivity contribution is -0.138. The number of urea groups is 1. The highest BCUT2D eigenvalue weighted by atomic mass is 16.5. The van der Waals surface area contributed by atoms with Gasteiger partial charge in [-0.1, -0.05) is 19.1 Å². The molecule has 3 amide bonds. The van der Waals surface area contributed by atoms with Gasteiger partial charge in [-0.05, 0) is 18.1 Å². The molecule has 0 spiro atoms. The number of methoxy groups -OCH3 is 1. The largest absolute Gasteiger partial charge is 0.497 e. The van der Waals surface area contributed by atoms with E-state index >= 15 is 0 Å². The Labute approximate surface area is 165 Å². The van der Waals surface area contributed by atoms with Crippen LogP contribution in [0.1, 0.15) is 6.92 Å². The van der Waals surface area contributed by atoms with Gasteiger partial charge in [-0.15, -0.1) is 6.58 Å². The van der Waals surface area contributed by atoms with Crippen LogP contribution < -0.4 is 15.0 Å². The Hall–Kier alpha value is -2.58. The Balaban J connectivity index is 1.69. The van der Waals surface area contributed by atoms with Gasteiger partial charge in [0.25, 0.3) is 5.91 Å². The second-order valence-corrected chi connectivity index (χ2v) is 7.72. The van der Waals surface area contributed by atoms with Crippen LogP contribution in [0.5, 0.6) is 5.75 Å². The number of likely N-dealkylation sites (N-methyl/N-ethyl adjacent to an activating group) is 1. The minimum atomic E-state index is -0.413. The Morgan fingerprint density at radius 3 is 2.82 bits per heavy atom. The van der Waals surface area contributed by atoms with Crippen molar-refractivity contribution in [1.29, 1.82) is 0 Å². The number of nitrogens with zero attached hydrogens (tertiary/aromatic N) is 4. The summed E-state index contributed by atoms with van der Waals surface area (Å²) in [6, 6.07) is 7.22. The van der Waals surface area contributed by atoms with E-state index in [4.69, 9.17) is 4.74 Å². The highest BCUT2D eigenvalue weighted by Gasteiger charge is 2.56. The van der Waals surface area contributed by atoms with Crippen molar-refractivity contribution in [2.75, 3.05) is 38.7 Å². The molecule has 0 radical (unpaired) electrons. The molecular weight excluding hydrogens is 358 g/mol. The fourth-order valence-corrected chi connectivity index (χ4v) is 4.51. The summed E-state index contributed by atoms with van der Waals surface area (Å²) in [6.45, 7) is 7.72. The van der Waals surface area contributed by atoms with Crippen LogP contribution >= 0.6 is 0 Å². The zero-order valence-corrected chi connectivity index (χ0v) is 16.5. The first-order valence-corrected chi connectivity index (χ1v) is 9.57. The molecule has 0 aromatic heterocycles. The van der Waals surface area contributed by atoms with Gasteiger partial charge in [0.2, 0.25) is 0 Å². The predicted octanol–water partition coefficient (Wildman–Crippen LogP) is 1.11. The molecule has 3 aliphatic heterocycles. The Bertz CT molecular complexity index is 800. The average Bonchev–Trinajstić information content (AvgIpc) is 3.08. The number of hydrogen-bond acceptors (Lipinski definition) is 6. The Morgan fingerprint density at radius 1 is 1.32 bits per heavy atom. The second kappa shape index (κ2) is 7.10. The molecular formula is C20H27N5O3. The Kier molecular flexibility index (Phi) is 4.76. The quantitative estimate of drug-likeness (QED) is 0.784. The topological polar surface area (TPSA) is 68.4 Å². The number of hydrogen-bond donors (Lipinski definition) is 1. The molecule has 1 aromatic rings. The van der Waals surface area contributed by atoms with E-state index in [0.29, 0.717) is 5.92 Å². The molecule has 1 aromatic carbocycles. The number of fused-ring (bicyclic) bond motifs is 3. The summed E-state index contributed by atoms with van der Waals surface area (Å²) >= 11 is 0. The van der Waals surface area contributed by atoms with E-state index in [1.54, 1.807) is 25.1 Å². The van der Waals surface area contributed by atoms with Gasteiger partial charge < -0.3 is 14.5 Å². The van der Waals surface area contributed by atoms with Crippen LogP contribution in [0.25, 0.3) is 0 Å². The fourth-order valence-electron chi connectivity index (χ4n) is 4.51. The third-order valence-electron chi connectivity index (χ3n) is 5.78. The van der Waals surface area contributed by atoms with Crippen LogP contribution in [0, 0.1) is 5.92 Å². The smallest absolute Gasteiger partial charge is 0.328 e. The summed E-state index contributed by atoms with van der Waals surface area (Å²) in [4.78, 5) is 33.2.